The molecule has 0 fully saturated rings. The van der Waals surface area contributed by atoms with Crippen molar-refractivity contribution in [1.82, 2.24) is 5.48 Å². The molecule has 0 atom stereocenters. The zero-order valence-electron chi connectivity index (χ0n) is 11.9. The molecule has 114 valence electrons. The van der Waals surface area contributed by atoms with Crippen LogP contribution in [0.25, 0.3) is 6.08 Å². The van der Waals surface area contributed by atoms with E-state index in [4.69, 9.17) is 14.7 Å². The second-order valence-electron chi connectivity index (χ2n) is 5.09. The lowest BCUT2D eigenvalue weighted by Crippen LogP contribution is -2.13. The van der Waals surface area contributed by atoms with Crippen LogP contribution in [-0.4, -0.2) is 24.0 Å². The molecule has 6 heteroatoms. The summed E-state index contributed by atoms with van der Waals surface area (Å²) in [4.78, 5) is 19.9. The summed E-state index contributed by atoms with van der Waals surface area (Å²) in [5.74, 6) is -0.321. The molecule has 6 nitrogen and oxygen atoms in total. The molecule has 1 aliphatic carbocycles. The quantitative estimate of drug-likeness (QED) is 0.872. The Morgan fingerprint density at radius 1 is 1.41 bits per heavy atom. The van der Waals surface area contributed by atoms with Gasteiger partial charge in [-0.25, -0.2) is 15.3 Å². The second-order valence-corrected chi connectivity index (χ2v) is 5.09. The van der Waals surface area contributed by atoms with Gasteiger partial charge in [0.05, 0.1) is 5.70 Å². The fourth-order valence-electron chi connectivity index (χ4n) is 2.57. The van der Waals surface area contributed by atoms with Gasteiger partial charge < -0.3 is 14.7 Å². The Morgan fingerprint density at radius 3 is 3.09 bits per heavy atom. The van der Waals surface area contributed by atoms with E-state index in [1.54, 1.807) is 6.26 Å². The predicted molar refractivity (Wildman–Crippen MR) is 81.3 cm³/mol. The van der Waals surface area contributed by atoms with Crippen molar-refractivity contribution in [2.45, 2.75) is 19.3 Å². The Bertz CT molecular complexity index is 677. The summed E-state index contributed by atoms with van der Waals surface area (Å²) in [7, 11) is 0. The fourth-order valence-corrected chi connectivity index (χ4v) is 2.57. The van der Waals surface area contributed by atoms with Crippen molar-refractivity contribution in [2.24, 2.45) is 4.99 Å². The van der Waals surface area contributed by atoms with Gasteiger partial charge in [0.1, 0.15) is 18.4 Å². The SMILES string of the molecule is O=C(O)COc1cccc2c1CCC(CC1=CONC=N1)=C2. The number of allylic oxidation sites excluding steroid dienone is 1. The van der Waals surface area contributed by atoms with Crippen LogP contribution in [0.3, 0.4) is 0 Å². The monoisotopic (exact) mass is 300 g/mol. The largest absolute Gasteiger partial charge is 0.482 e. The first kappa shape index (κ1) is 14.2. The molecule has 0 amide bonds. The van der Waals surface area contributed by atoms with E-state index in [1.165, 1.54) is 11.9 Å². The molecule has 0 spiro atoms. The molecule has 1 aliphatic heterocycles. The standard InChI is InChI=1S/C16H16N2O4/c19-16(20)9-21-15-3-1-2-12-6-11(4-5-14(12)15)7-13-8-22-18-10-17-13/h1-3,6,8,10H,4-5,7,9H2,(H,17,18)(H,19,20). The van der Waals surface area contributed by atoms with Gasteiger partial charge in [-0.15, -0.1) is 0 Å². The molecule has 1 aromatic carbocycles. The Morgan fingerprint density at radius 2 is 2.32 bits per heavy atom. The van der Waals surface area contributed by atoms with Gasteiger partial charge in [-0.05, 0) is 24.5 Å². The molecule has 22 heavy (non-hydrogen) atoms. The second kappa shape index (κ2) is 6.34. The van der Waals surface area contributed by atoms with Gasteiger partial charge in [-0.1, -0.05) is 23.8 Å². The zero-order valence-corrected chi connectivity index (χ0v) is 11.9. The number of carbonyl (C=O) groups is 1. The summed E-state index contributed by atoms with van der Waals surface area (Å²) < 4.78 is 5.36. The molecule has 3 rings (SSSR count). The highest BCUT2D eigenvalue weighted by Gasteiger charge is 2.16. The van der Waals surface area contributed by atoms with Crippen LogP contribution in [0.1, 0.15) is 24.0 Å². The smallest absolute Gasteiger partial charge is 0.341 e. The Kier molecular flexibility index (Phi) is 4.09. The number of fused-ring (bicyclic) bond motifs is 1. The lowest BCUT2D eigenvalue weighted by molar-refractivity contribution is -0.139. The van der Waals surface area contributed by atoms with E-state index in [0.29, 0.717) is 5.75 Å². The number of hydrogen-bond acceptors (Lipinski definition) is 5. The zero-order chi connectivity index (χ0) is 15.4. The molecule has 0 unspecified atom stereocenters. The first-order valence-corrected chi connectivity index (χ1v) is 7.01. The molecule has 0 aromatic heterocycles. The van der Waals surface area contributed by atoms with Gasteiger partial charge in [0, 0.05) is 12.0 Å². The molecular formula is C16H16N2O4. The summed E-state index contributed by atoms with van der Waals surface area (Å²) >= 11 is 0. The van der Waals surface area contributed by atoms with Crippen LogP contribution in [0.15, 0.2) is 40.7 Å². The maximum atomic E-state index is 10.6. The van der Waals surface area contributed by atoms with E-state index in [9.17, 15) is 4.79 Å². The van der Waals surface area contributed by atoms with E-state index < -0.39 is 5.97 Å². The lowest BCUT2D eigenvalue weighted by Gasteiger charge is -2.20. The van der Waals surface area contributed by atoms with Gasteiger partial charge in [-0.2, -0.15) is 0 Å². The van der Waals surface area contributed by atoms with Gasteiger partial charge >= 0.3 is 5.97 Å². The Labute approximate surface area is 127 Å². The van der Waals surface area contributed by atoms with Crippen molar-refractivity contribution < 1.29 is 19.5 Å². The fraction of sp³-hybridized carbons (Fsp3) is 0.250. The third-order valence-corrected chi connectivity index (χ3v) is 3.53. The topological polar surface area (TPSA) is 80.2 Å². The molecule has 2 N–H and O–H groups in total. The number of rotatable bonds is 5. The lowest BCUT2D eigenvalue weighted by atomic mass is 9.89. The summed E-state index contributed by atoms with van der Waals surface area (Å²) in [6.45, 7) is -0.320. The minimum atomic E-state index is -0.972. The molecular weight excluding hydrogens is 284 g/mol. The van der Waals surface area contributed by atoms with Gasteiger partial charge in [0.2, 0.25) is 0 Å². The van der Waals surface area contributed by atoms with Crippen LogP contribution in [0.5, 0.6) is 5.75 Å². The minimum Gasteiger partial charge on any atom is -0.482 e. The van der Waals surface area contributed by atoms with Crippen molar-refractivity contribution in [3.8, 4) is 5.75 Å². The van der Waals surface area contributed by atoms with Crippen LogP contribution in [0.2, 0.25) is 0 Å². The van der Waals surface area contributed by atoms with Crippen LogP contribution in [0, 0.1) is 0 Å². The van der Waals surface area contributed by atoms with Gasteiger partial charge in [0.15, 0.2) is 6.61 Å². The summed E-state index contributed by atoms with van der Waals surface area (Å²) in [5, 5.41) is 8.73. The van der Waals surface area contributed by atoms with Gasteiger partial charge in [-0.3, -0.25) is 0 Å². The molecule has 0 saturated heterocycles. The van der Waals surface area contributed by atoms with Crippen molar-refractivity contribution in [3.63, 3.8) is 0 Å². The van der Waals surface area contributed by atoms with E-state index in [1.807, 2.05) is 18.2 Å². The predicted octanol–water partition coefficient (Wildman–Crippen LogP) is 2.27. The first-order chi connectivity index (χ1) is 10.7. The molecule has 1 heterocycles. The average molecular weight is 300 g/mol. The number of benzene rings is 1. The third-order valence-electron chi connectivity index (χ3n) is 3.53. The number of nitrogens with zero attached hydrogens (tertiary/aromatic N) is 1. The molecule has 1 aromatic rings. The molecule has 0 saturated carbocycles. The maximum Gasteiger partial charge on any atom is 0.341 e. The maximum absolute atomic E-state index is 10.6. The highest BCUT2D eigenvalue weighted by molar-refractivity contribution is 5.69. The molecule has 0 radical (unpaired) electrons. The third kappa shape index (κ3) is 3.28. The van der Waals surface area contributed by atoms with Crippen LogP contribution >= 0.6 is 0 Å². The summed E-state index contributed by atoms with van der Waals surface area (Å²) in [6.07, 6.45) is 7.68. The van der Waals surface area contributed by atoms with Gasteiger partial charge in [0.25, 0.3) is 0 Å². The van der Waals surface area contributed by atoms with Crippen molar-refractivity contribution in [1.29, 1.82) is 0 Å². The van der Waals surface area contributed by atoms with Crippen molar-refractivity contribution >= 4 is 18.4 Å². The average Bonchev–Trinajstić information content (AvgIpc) is 2.53. The van der Waals surface area contributed by atoms with Crippen LogP contribution in [0.4, 0.5) is 0 Å². The number of carboxylic acids is 1. The first-order valence-electron chi connectivity index (χ1n) is 7.01. The molecule has 2 aliphatic rings. The van der Waals surface area contributed by atoms with E-state index in [2.05, 4.69) is 16.5 Å². The Hall–Kier alpha value is -2.76. The van der Waals surface area contributed by atoms with E-state index >= 15 is 0 Å². The summed E-state index contributed by atoms with van der Waals surface area (Å²) in [6, 6.07) is 5.70. The van der Waals surface area contributed by atoms with E-state index in [0.717, 1.165) is 36.1 Å². The molecule has 0 bridgehead atoms. The minimum absolute atomic E-state index is 0.320. The highest BCUT2D eigenvalue weighted by Crippen LogP contribution is 2.33. The normalized spacial score (nSPS) is 15.8. The number of hydroxylamine groups is 1. The number of ether oxygens (including phenoxy) is 1. The highest BCUT2D eigenvalue weighted by atomic mass is 16.6. The number of hydrogen-bond donors (Lipinski definition) is 2. The van der Waals surface area contributed by atoms with Crippen molar-refractivity contribution in [2.75, 3.05) is 6.61 Å². The number of carboxylic acid groups (broad SMARTS) is 1. The van der Waals surface area contributed by atoms with E-state index in [-0.39, 0.29) is 6.61 Å². The summed E-state index contributed by atoms with van der Waals surface area (Å²) in [5.41, 5.74) is 6.81. The Balaban J connectivity index is 1.77. The van der Waals surface area contributed by atoms with Crippen LogP contribution < -0.4 is 10.2 Å². The van der Waals surface area contributed by atoms with Crippen molar-refractivity contribution in [3.05, 3.63) is 46.9 Å². The van der Waals surface area contributed by atoms with Crippen LogP contribution in [-0.2, 0) is 16.1 Å². The number of nitrogens with one attached hydrogen (secondary N) is 1. The number of aliphatic carboxylic acids is 1. The number of aliphatic imine (C=N–C) groups is 1.